The molecule has 1 aromatic rings. The number of benzene rings is 1. The Balaban J connectivity index is 1.64. The molecule has 2 saturated heterocycles. The molecule has 5 unspecified atom stereocenters. The first kappa shape index (κ1) is 32.3. The van der Waals surface area contributed by atoms with Crippen molar-refractivity contribution in [2.75, 3.05) is 0 Å². The fourth-order valence-corrected chi connectivity index (χ4v) is 7.02. The van der Waals surface area contributed by atoms with Crippen molar-refractivity contribution in [1.29, 1.82) is 0 Å². The molecule has 234 valence electrons. The van der Waals surface area contributed by atoms with Crippen LogP contribution in [0.3, 0.4) is 0 Å². The average Bonchev–Trinajstić information content (AvgIpc) is 3.34. The van der Waals surface area contributed by atoms with Gasteiger partial charge in [-0.1, -0.05) is 76.3 Å². The molecule has 9 nitrogen and oxygen atoms in total. The van der Waals surface area contributed by atoms with E-state index in [-0.39, 0.29) is 5.92 Å². The van der Waals surface area contributed by atoms with Gasteiger partial charge in [0.1, 0.15) is 23.5 Å². The van der Waals surface area contributed by atoms with Crippen molar-refractivity contribution in [2.45, 2.75) is 136 Å². The molecule has 2 aliphatic heterocycles. The van der Waals surface area contributed by atoms with Gasteiger partial charge in [0.15, 0.2) is 0 Å². The number of carbonyl (C=O) groups excluding carboxylic acids is 3. The summed E-state index contributed by atoms with van der Waals surface area (Å²) in [6.07, 6.45) is 2.26. The highest BCUT2D eigenvalue weighted by Crippen LogP contribution is 2.43. The molecule has 0 aromatic heterocycles. The van der Waals surface area contributed by atoms with Gasteiger partial charge in [-0.3, -0.25) is 9.69 Å². The minimum Gasteiger partial charge on any atom is -0.444 e. The molecule has 3 aliphatic rings. The van der Waals surface area contributed by atoms with E-state index >= 15 is 0 Å². The van der Waals surface area contributed by atoms with Crippen LogP contribution in [0.4, 0.5) is 9.59 Å². The van der Waals surface area contributed by atoms with Crippen LogP contribution in [0.1, 0.15) is 106 Å². The summed E-state index contributed by atoms with van der Waals surface area (Å²) >= 11 is 0. The Hall–Kier alpha value is -2.65. The summed E-state index contributed by atoms with van der Waals surface area (Å²) in [5.74, 6) is -1.40. The SMILES string of the molecule is CC(C)C(C(=O)N1C(=O)OC(c2ccccc2)C1C)C(O)C1OC(C)(C)N(C(=O)OC(C)(C)C)[C@@H]1CC1CCCCC1. The number of aliphatic hydroxyl groups excluding tert-OH is 1. The zero-order valence-electron chi connectivity index (χ0n) is 26.5. The van der Waals surface area contributed by atoms with Gasteiger partial charge in [0.25, 0.3) is 0 Å². The zero-order chi connectivity index (χ0) is 31.0. The Bertz CT molecular complexity index is 1110. The van der Waals surface area contributed by atoms with E-state index in [1.54, 1.807) is 25.7 Å². The first-order valence-electron chi connectivity index (χ1n) is 15.6. The molecule has 9 heteroatoms. The normalized spacial score (nSPS) is 28.1. The lowest BCUT2D eigenvalue weighted by Crippen LogP contribution is -2.54. The number of ether oxygens (including phenoxy) is 3. The highest BCUT2D eigenvalue weighted by molar-refractivity contribution is 5.95. The van der Waals surface area contributed by atoms with Gasteiger partial charge in [-0.15, -0.1) is 0 Å². The summed E-state index contributed by atoms with van der Waals surface area (Å²) in [5.41, 5.74) is -0.982. The Morgan fingerprint density at radius 1 is 1.10 bits per heavy atom. The maximum atomic E-state index is 14.1. The first-order valence-corrected chi connectivity index (χ1v) is 15.6. The smallest absolute Gasteiger partial charge is 0.417 e. The highest BCUT2D eigenvalue weighted by Gasteiger charge is 2.57. The van der Waals surface area contributed by atoms with Gasteiger partial charge in [0, 0.05) is 0 Å². The molecule has 1 N–H and O–H groups in total. The molecule has 1 aromatic carbocycles. The standard InChI is InChI=1S/C33H50N2O7/c1-20(2)25(29(37)34-21(3)27(40-30(34)38)23-17-13-10-14-18-23)26(36)28-24(19-22-15-11-9-12-16-22)35(33(7,8)41-28)31(39)42-32(4,5)6/h10,13-14,17-18,20-22,24-28,36H,9,11-12,15-16,19H2,1-8H3/t21?,24-,25?,26?,27?,28?/m1/s1. The third-order valence-corrected chi connectivity index (χ3v) is 8.95. The molecule has 2 heterocycles. The molecular formula is C33H50N2O7. The number of amides is 3. The van der Waals surface area contributed by atoms with Gasteiger partial charge in [0.2, 0.25) is 5.91 Å². The lowest BCUT2D eigenvalue weighted by Gasteiger charge is -2.38. The molecule has 1 aliphatic carbocycles. The Morgan fingerprint density at radius 3 is 2.29 bits per heavy atom. The highest BCUT2D eigenvalue weighted by atomic mass is 16.6. The quantitative estimate of drug-likeness (QED) is 0.392. The van der Waals surface area contributed by atoms with Crippen LogP contribution in [0, 0.1) is 17.8 Å². The van der Waals surface area contributed by atoms with Crippen LogP contribution in [0.25, 0.3) is 0 Å². The van der Waals surface area contributed by atoms with Crippen LogP contribution >= 0.6 is 0 Å². The van der Waals surface area contributed by atoms with Gasteiger partial charge in [-0.25, -0.2) is 14.5 Å². The van der Waals surface area contributed by atoms with Crippen LogP contribution in [0.15, 0.2) is 30.3 Å². The van der Waals surface area contributed by atoms with E-state index < -0.39 is 65.7 Å². The lowest BCUT2D eigenvalue weighted by atomic mass is 9.79. The summed E-state index contributed by atoms with van der Waals surface area (Å²) in [5, 5.41) is 12.0. The van der Waals surface area contributed by atoms with Crippen LogP contribution < -0.4 is 0 Å². The average molecular weight is 587 g/mol. The van der Waals surface area contributed by atoms with E-state index in [4.69, 9.17) is 14.2 Å². The van der Waals surface area contributed by atoms with Crippen molar-refractivity contribution < 1.29 is 33.7 Å². The van der Waals surface area contributed by atoms with E-state index in [0.29, 0.717) is 12.3 Å². The second kappa shape index (κ2) is 12.5. The monoisotopic (exact) mass is 586 g/mol. The topological polar surface area (TPSA) is 106 Å². The third kappa shape index (κ3) is 6.77. The lowest BCUT2D eigenvalue weighted by molar-refractivity contribution is -0.150. The molecule has 1 saturated carbocycles. The van der Waals surface area contributed by atoms with E-state index in [0.717, 1.165) is 36.1 Å². The van der Waals surface area contributed by atoms with Crippen molar-refractivity contribution >= 4 is 18.1 Å². The second-order valence-corrected chi connectivity index (χ2v) is 14.1. The van der Waals surface area contributed by atoms with Gasteiger partial charge < -0.3 is 19.3 Å². The van der Waals surface area contributed by atoms with E-state index in [9.17, 15) is 19.5 Å². The molecular weight excluding hydrogens is 536 g/mol. The number of hydrogen-bond acceptors (Lipinski definition) is 7. The summed E-state index contributed by atoms with van der Waals surface area (Å²) in [6, 6.07) is 8.29. The minimum absolute atomic E-state index is 0.319. The Kier molecular flexibility index (Phi) is 9.62. The fourth-order valence-electron chi connectivity index (χ4n) is 7.02. The largest absolute Gasteiger partial charge is 0.444 e. The van der Waals surface area contributed by atoms with Crippen molar-refractivity contribution in [1.82, 2.24) is 9.80 Å². The third-order valence-electron chi connectivity index (χ3n) is 8.95. The molecule has 3 amide bonds. The number of carbonyl (C=O) groups is 3. The van der Waals surface area contributed by atoms with Crippen LogP contribution in [0.5, 0.6) is 0 Å². The zero-order valence-corrected chi connectivity index (χ0v) is 26.5. The number of hydrogen-bond donors (Lipinski definition) is 1. The van der Waals surface area contributed by atoms with Crippen molar-refractivity contribution in [2.24, 2.45) is 17.8 Å². The molecule has 42 heavy (non-hydrogen) atoms. The first-order chi connectivity index (χ1) is 19.6. The van der Waals surface area contributed by atoms with E-state index in [1.165, 1.54) is 6.42 Å². The second-order valence-electron chi connectivity index (χ2n) is 14.1. The van der Waals surface area contributed by atoms with Crippen LogP contribution in [0.2, 0.25) is 0 Å². The predicted molar refractivity (Wildman–Crippen MR) is 158 cm³/mol. The minimum atomic E-state index is -1.27. The fraction of sp³-hybridized carbons (Fsp3) is 0.727. The molecule has 0 spiro atoms. The maximum absolute atomic E-state index is 14.1. The molecule has 0 bridgehead atoms. The van der Waals surface area contributed by atoms with Gasteiger partial charge in [0.05, 0.1) is 24.1 Å². The molecule has 6 atom stereocenters. The number of aliphatic hydroxyl groups is 1. The number of nitrogens with zero attached hydrogens (tertiary/aromatic N) is 2. The predicted octanol–water partition coefficient (Wildman–Crippen LogP) is 6.44. The van der Waals surface area contributed by atoms with Crippen molar-refractivity contribution in [3.63, 3.8) is 0 Å². The Labute approximate surface area is 250 Å². The molecule has 4 rings (SSSR count). The number of imide groups is 1. The maximum Gasteiger partial charge on any atom is 0.417 e. The summed E-state index contributed by atoms with van der Waals surface area (Å²) < 4.78 is 18.0. The van der Waals surface area contributed by atoms with E-state index in [1.807, 2.05) is 65.0 Å². The van der Waals surface area contributed by atoms with E-state index in [2.05, 4.69) is 0 Å². The molecule has 3 fully saturated rings. The Morgan fingerprint density at radius 2 is 1.71 bits per heavy atom. The molecule has 0 radical (unpaired) electrons. The van der Waals surface area contributed by atoms with Gasteiger partial charge >= 0.3 is 12.2 Å². The van der Waals surface area contributed by atoms with Gasteiger partial charge in [-0.2, -0.15) is 0 Å². The van der Waals surface area contributed by atoms with Gasteiger partial charge in [-0.05, 0) is 65.4 Å². The summed E-state index contributed by atoms with van der Waals surface area (Å²) in [7, 11) is 0. The summed E-state index contributed by atoms with van der Waals surface area (Å²) in [4.78, 5) is 43.6. The summed E-state index contributed by atoms with van der Waals surface area (Å²) in [6.45, 7) is 14.6. The van der Waals surface area contributed by atoms with Crippen LogP contribution in [-0.2, 0) is 19.0 Å². The van der Waals surface area contributed by atoms with Crippen LogP contribution in [-0.4, -0.2) is 68.6 Å². The van der Waals surface area contributed by atoms with Crippen molar-refractivity contribution in [3.8, 4) is 0 Å². The number of cyclic esters (lactones) is 1. The number of rotatable bonds is 7. The van der Waals surface area contributed by atoms with Crippen molar-refractivity contribution in [3.05, 3.63) is 35.9 Å².